The van der Waals surface area contributed by atoms with Gasteiger partial charge in [0.25, 0.3) is 0 Å². The van der Waals surface area contributed by atoms with Crippen molar-refractivity contribution in [3.05, 3.63) is 126 Å². The summed E-state index contributed by atoms with van der Waals surface area (Å²) >= 11 is 0. The minimum Gasteiger partial charge on any atom is -0.469 e. The van der Waals surface area contributed by atoms with Gasteiger partial charge in [-0.05, 0) is 49.3 Å². The Bertz CT molecular complexity index is 1180. The van der Waals surface area contributed by atoms with Gasteiger partial charge in [-0.2, -0.15) is 0 Å². The van der Waals surface area contributed by atoms with Gasteiger partial charge in [0.1, 0.15) is 11.6 Å². The van der Waals surface area contributed by atoms with Crippen molar-refractivity contribution in [3.63, 3.8) is 0 Å². The zero-order valence-electron chi connectivity index (χ0n) is 18.3. The fraction of sp³-hybridized carbons (Fsp3) is 0.138. The van der Waals surface area contributed by atoms with Crippen LogP contribution in [0, 0.1) is 0 Å². The Morgan fingerprint density at radius 3 is 1.75 bits per heavy atom. The monoisotopic (exact) mass is 435 g/mol. The number of benzene rings is 4. The van der Waals surface area contributed by atoms with Crippen LogP contribution < -0.4 is 15.9 Å². The first kappa shape index (κ1) is 20.7. The summed E-state index contributed by atoms with van der Waals surface area (Å²) in [6.45, 7) is 4.25. The normalized spacial score (nSPS) is 17.1. The van der Waals surface area contributed by atoms with Crippen molar-refractivity contribution in [2.24, 2.45) is 4.99 Å². The van der Waals surface area contributed by atoms with E-state index < -0.39 is 13.5 Å². The minimum atomic E-state index is -0.743. The standard InChI is InChI=1S/C29H26NOP/c1-29(2)27(22-14-6-3-7-15-22)30-28(31-29)25-20-12-13-21-26(25)32(23-16-8-4-9-17-23)24-18-10-5-11-19-24/h3-21,27H,1-2H3. The van der Waals surface area contributed by atoms with E-state index in [2.05, 4.69) is 123 Å². The third kappa shape index (κ3) is 3.99. The second-order valence-corrected chi connectivity index (χ2v) is 10.7. The number of rotatable bonds is 5. The number of ether oxygens (including phenoxy) is 1. The number of nitrogens with zero attached hydrogens (tertiary/aromatic N) is 1. The molecule has 0 bridgehead atoms. The zero-order valence-corrected chi connectivity index (χ0v) is 19.2. The Balaban J connectivity index is 1.64. The fourth-order valence-electron chi connectivity index (χ4n) is 4.27. The molecular weight excluding hydrogens is 409 g/mol. The van der Waals surface area contributed by atoms with Gasteiger partial charge in [0.2, 0.25) is 5.90 Å². The molecule has 1 aliphatic rings. The topological polar surface area (TPSA) is 21.6 Å². The smallest absolute Gasteiger partial charge is 0.218 e. The van der Waals surface area contributed by atoms with Crippen molar-refractivity contribution >= 4 is 29.7 Å². The van der Waals surface area contributed by atoms with Crippen molar-refractivity contribution in [1.82, 2.24) is 0 Å². The van der Waals surface area contributed by atoms with Crippen LogP contribution in [0.25, 0.3) is 0 Å². The van der Waals surface area contributed by atoms with E-state index in [4.69, 9.17) is 9.73 Å². The molecule has 0 spiro atoms. The van der Waals surface area contributed by atoms with Gasteiger partial charge >= 0.3 is 0 Å². The predicted molar refractivity (Wildman–Crippen MR) is 136 cm³/mol. The maximum atomic E-state index is 6.52. The van der Waals surface area contributed by atoms with Gasteiger partial charge in [-0.25, -0.2) is 4.99 Å². The van der Waals surface area contributed by atoms with E-state index >= 15 is 0 Å². The zero-order chi connectivity index (χ0) is 22.0. The van der Waals surface area contributed by atoms with Crippen LogP contribution in [0.3, 0.4) is 0 Å². The molecule has 3 heteroatoms. The Kier molecular flexibility index (Phi) is 5.64. The molecule has 1 unspecified atom stereocenters. The molecule has 1 atom stereocenters. The summed E-state index contributed by atoms with van der Waals surface area (Å²) in [5.41, 5.74) is 1.85. The van der Waals surface area contributed by atoms with Crippen molar-refractivity contribution in [2.45, 2.75) is 25.5 Å². The van der Waals surface area contributed by atoms with Crippen molar-refractivity contribution in [3.8, 4) is 0 Å². The summed E-state index contributed by atoms with van der Waals surface area (Å²) in [6, 6.07) is 40.5. The van der Waals surface area contributed by atoms with E-state index in [0.717, 1.165) is 11.5 Å². The second-order valence-electron chi connectivity index (χ2n) is 8.48. The van der Waals surface area contributed by atoms with E-state index in [0.29, 0.717) is 0 Å². The van der Waals surface area contributed by atoms with Gasteiger partial charge in [-0.3, -0.25) is 0 Å². The predicted octanol–water partition coefficient (Wildman–Crippen LogP) is 5.74. The first-order chi connectivity index (χ1) is 15.6. The van der Waals surface area contributed by atoms with E-state index in [1.807, 2.05) is 6.07 Å². The Labute approximate surface area is 191 Å². The lowest BCUT2D eigenvalue weighted by Crippen LogP contribution is -2.30. The first-order valence-electron chi connectivity index (χ1n) is 10.9. The van der Waals surface area contributed by atoms with Crippen molar-refractivity contribution in [2.75, 3.05) is 0 Å². The Morgan fingerprint density at radius 2 is 1.16 bits per heavy atom. The molecule has 0 saturated heterocycles. The average molecular weight is 436 g/mol. The first-order valence-corrected chi connectivity index (χ1v) is 12.3. The highest BCUT2D eigenvalue weighted by atomic mass is 31.1. The third-order valence-electron chi connectivity index (χ3n) is 5.78. The van der Waals surface area contributed by atoms with Crippen LogP contribution in [0.15, 0.2) is 120 Å². The lowest BCUT2D eigenvalue weighted by molar-refractivity contribution is 0.0974. The van der Waals surface area contributed by atoms with Crippen molar-refractivity contribution in [1.29, 1.82) is 0 Å². The van der Waals surface area contributed by atoms with E-state index in [9.17, 15) is 0 Å². The third-order valence-corrected chi connectivity index (χ3v) is 8.28. The number of hydrogen-bond donors (Lipinski definition) is 0. The summed E-state index contributed by atoms with van der Waals surface area (Å²) in [6.07, 6.45) is 0. The molecule has 32 heavy (non-hydrogen) atoms. The Hall–Kier alpha value is -3.22. The SMILES string of the molecule is CC1(C)OC(c2ccccc2P(c2ccccc2)c2ccccc2)=NC1c1ccccc1. The van der Waals surface area contributed by atoms with Crippen LogP contribution in [0.1, 0.15) is 31.0 Å². The van der Waals surface area contributed by atoms with Gasteiger partial charge < -0.3 is 4.74 Å². The summed E-state index contributed by atoms with van der Waals surface area (Å²) in [5, 5.41) is 3.90. The van der Waals surface area contributed by atoms with E-state index in [1.54, 1.807) is 0 Å². The fourth-order valence-corrected chi connectivity index (χ4v) is 6.71. The summed E-state index contributed by atoms with van der Waals surface area (Å²) in [5.74, 6) is 0.735. The van der Waals surface area contributed by atoms with Crippen LogP contribution >= 0.6 is 7.92 Å². The second kappa shape index (κ2) is 8.73. The molecule has 0 amide bonds. The lowest BCUT2D eigenvalue weighted by Gasteiger charge is -2.26. The lowest BCUT2D eigenvalue weighted by atomic mass is 9.93. The molecular formula is C29H26NOP. The highest BCUT2D eigenvalue weighted by Crippen LogP contribution is 2.40. The molecule has 1 aliphatic heterocycles. The molecule has 0 aromatic heterocycles. The summed E-state index contributed by atoms with van der Waals surface area (Å²) in [7, 11) is -0.743. The molecule has 0 N–H and O–H groups in total. The molecule has 158 valence electrons. The average Bonchev–Trinajstić information content (AvgIpc) is 3.16. The van der Waals surface area contributed by atoms with Gasteiger partial charge in [-0.1, -0.05) is 109 Å². The van der Waals surface area contributed by atoms with Gasteiger partial charge in [0.05, 0.1) is 0 Å². The van der Waals surface area contributed by atoms with Crippen LogP contribution in [-0.4, -0.2) is 11.5 Å². The molecule has 5 rings (SSSR count). The quantitative estimate of drug-likeness (QED) is 0.366. The summed E-state index contributed by atoms with van der Waals surface area (Å²) < 4.78 is 6.52. The van der Waals surface area contributed by atoms with Gasteiger partial charge in [0.15, 0.2) is 0 Å². The van der Waals surface area contributed by atoms with Crippen LogP contribution in [0.2, 0.25) is 0 Å². The largest absolute Gasteiger partial charge is 0.469 e. The highest BCUT2D eigenvalue weighted by molar-refractivity contribution is 7.80. The molecule has 0 saturated carbocycles. The molecule has 2 nitrogen and oxygen atoms in total. The molecule has 0 radical (unpaired) electrons. The van der Waals surface area contributed by atoms with E-state index in [-0.39, 0.29) is 6.04 Å². The number of hydrogen-bond acceptors (Lipinski definition) is 2. The molecule has 4 aromatic rings. The van der Waals surface area contributed by atoms with Gasteiger partial charge in [-0.15, -0.1) is 0 Å². The molecule has 1 heterocycles. The van der Waals surface area contributed by atoms with Crippen molar-refractivity contribution < 1.29 is 4.74 Å². The highest BCUT2D eigenvalue weighted by Gasteiger charge is 2.40. The van der Waals surface area contributed by atoms with E-state index in [1.165, 1.54) is 21.5 Å². The minimum absolute atomic E-state index is 0.0357. The van der Waals surface area contributed by atoms with Crippen LogP contribution in [0.4, 0.5) is 0 Å². The van der Waals surface area contributed by atoms with Gasteiger partial charge in [0, 0.05) is 5.56 Å². The Morgan fingerprint density at radius 1 is 0.656 bits per heavy atom. The molecule has 0 fully saturated rings. The van der Waals surface area contributed by atoms with Crippen LogP contribution in [-0.2, 0) is 4.74 Å². The molecule has 0 aliphatic carbocycles. The number of aliphatic imine (C=N–C) groups is 1. The maximum Gasteiger partial charge on any atom is 0.218 e. The summed E-state index contributed by atoms with van der Waals surface area (Å²) in [4.78, 5) is 5.12. The maximum absolute atomic E-state index is 6.52. The van der Waals surface area contributed by atoms with Crippen LogP contribution in [0.5, 0.6) is 0 Å². The molecule has 4 aromatic carbocycles.